The fraction of sp³-hybridized carbons (Fsp3) is 0.263. The average Bonchev–Trinajstić information content (AvgIpc) is 3.04. The van der Waals surface area contributed by atoms with Gasteiger partial charge in [-0.05, 0) is 36.4 Å². The summed E-state index contributed by atoms with van der Waals surface area (Å²) in [6, 6.07) is 12.1. The fourth-order valence-corrected chi connectivity index (χ4v) is 3.03. The second-order valence-electron chi connectivity index (χ2n) is 5.94. The Hall–Kier alpha value is -2.73. The molecule has 7 heteroatoms. The number of ether oxygens (including phenoxy) is 2. The van der Waals surface area contributed by atoms with Crippen molar-refractivity contribution in [3.05, 3.63) is 47.5 Å². The van der Waals surface area contributed by atoms with Crippen LogP contribution in [-0.4, -0.2) is 32.6 Å². The Morgan fingerprint density at radius 2 is 1.88 bits per heavy atom. The highest BCUT2D eigenvalue weighted by atomic mass is 35.5. The van der Waals surface area contributed by atoms with Crippen LogP contribution in [0, 0.1) is 5.92 Å². The maximum absolute atomic E-state index is 12.5. The van der Waals surface area contributed by atoms with E-state index in [1.165, 1.54) is 7.11 Å². The molecule has 6 nitrogen and oxygen atoms in total. The van der Waals surface area contributed by atoms with E-state index in [-0.39, 0.29) is 18.2 Å². The Labute approximate surface area is 156 Å². The van der Waals surface area contributed by atoms with Crippen LogP contribution in [0.4, 0.5) is 11.4 Å². The predicted octanol–water partition coefficient (Wildman–Crippen LogP) is 3.35. The van der Waals surface area contributed by atoms with Crippen molar-refractivity contribution in [2.75, 3.05) is 31.0 Å². The van der Waals surface area contributed by atoms with Crippen LogP contribution in [-0.2, 0) is 9.59 Å². The molecule has 0 radical (unpaired) electrons. The van der Waals surface area contributed by atoms with Crippen LogP contribution in [0.3, 0.4) is 0 Å². The molecule has 2 aromatic carbocycles. The Morgan fingerprint density at radius 1 is 1.15 bits per heavy atom. The summed E-state index contributed by atoms with van der Waals surface area (Å²) in [7, 11) is 3.09. The molecule has 2 amide bonds. The van der Waals surface area contributed by atoms with Crippen LogP contribution in [0.2, 0.25) is 5.02 Å². The number of rotatable bonds is 5. The molecule has 0 saturated carbocycles. The highest BCUT2D eigenvalue weighted by Gasteiger charge is 2.36. The summed E-state index contributed by atoms with van der Waals surface area (Å²) in [6.45, 7) is 0.293. The molecule has 1 heterocycles. The summed E-state index contributed by atoms with van der Waals surface area (Å²) >= 11 is 5.85. The highest BCUT2D eigenvalue weighted by molar-refractivity contribution is 6.30. The van der Waals surface area contributed by atoms with Gasteiger partial charge in [-0.2, -0.15) is 0 Å². The normalized spacial score (nSPS) is 16.5. The summed E-state index contributed by atoms with van der Waals surface area (Å²) in [5.74, 6) is 0.399. The summed E-state index contributed by atoms with van der Waals surface area (Å²) < 4.78 is 10.5. The molecule has 0 aromatic heterocycles. The second kappa shape index (κ2) is 7.66. The lowest BCUT2D eigenvalue weighted by Gasteiger charge is -2.20. The summed E-state index contributed by atoms with van der Waals surface area (Å²) in [5.41, 5.74) is 1.27. The molecule has 1 saturated heterocycles. The van der Waals surface area contributed by atoms with Crippen LogP contribution in [0.25, 0.3) is 0 Å². The lowest BCUT2D eigenvalue weighted by molar-refractivity contribution is -0.122. The van der Waals surface area contributed by atoms with Gasteiger partial charge in [-0.1, -0.05) is 11.6 Å². The maximum atomic E-state index is 12.5. The van der Waals surface area contributed by atoms with Gasteiger partial charge in [-0.3, -0.25) is 9.59 Å². The van der Waals surface area contributed by atoms with E-state index in [1.54, 1.807) is 54.5 Å². The minimum Gasteiger partial charge on any atom is -0.497 e. The molecule has 0 bridgehead atoms. The molecule has 136 valence electrons. The zero-order valence-electron chi connectivity index (χ0n) is 14.5. The van der Waals surface area contributed by atoms with Gasteiger partial charge in [0.2, 0.25) is 11.8 Å². The molecule has 2 aromatic rings. The molecule has 1 N–H and O–H groups in total. The highest BCUT2D eigenvalue weighted by Crippen LogP contribution is 2.36. The molecule has 1 atom stereocenters. The Kier molecular flexibility index (Phi) is 5.32. The fourth-order valence-electron chi connectivity index (χ4n) is 2.90. The van der Waals surface area contributed by atoms with Crippen LogP contribution in [0.1, 0.15) is 6.42 Å². The molecule has 1 aliphatic heterocycles. The minimum absolute atomic E-state index is 0.121. The van der Waals surface area contributed by atoms with Gasteiger partial charge in [0.1, 0.15) is 11.5 Å². The molecule has 1 aliphatic rings. The molecule has 0 aliphatic carbocycles. The lowest BCUT2D eigenvalue weighted by Crippen LogP contribution is -2.28. The number of methoxy groups -OCH3 is 2. The number of anilines is 2. The maximum Gasteiger partial charge on any atom is 0.229 e. The van der Waals surface area contributed by atoms with E-state index in [4.69, 9.17) is 21.1 Å². The van der Waals surface area contributed by atoms with Crippen molar-refractivity contribution in [2.45, 2.75) is 6.42 Å². The minimum atomic E-state index is -0.440. The third kappa shape index (κ3) is 3.75. The van der Waals surface area contributed by atoms with Crippen LogP contribution in [0.5, 0.6) is 11.5 Å². The van der Waals surface area contributed by atoms with Gasteiger partial charge < -0.3 is 19.7 Å². The van der Waals surface area contributed by atoms with Crippen LogP contribution >= 0.6 is 11.6 Å². The Bertz CT molecular complexity index is 823. The first kappa shape index (κ1) is 18.1. The van der Waals surface area contributed by atoms with Gasteiger partial charge >= 0.3 is 0 Å². The number of nitrogens with one attached hydrogen (secondary N) is 1. The van der Waals surface area contributed by atoms with Gasteiger partial charge in [0.15, 0.2) is 0 Å². The van der Waals surface area contributed by atoms with Gasteiger partial charge in [0, 0.05) is 29.7 Å². The number of carbonyl (C=O) groups excluding carboxylic acids is 2. The number of amides is 2. The number of carbonyl (C=O) groups is 2. The molecule has 0 spiro atoms. The van der Waals surface area contributed by atoms with Crippen LogP contribution < -0.4 is 19.7 Å². The zero-order chi connectivity index (χ0) is 18.7. The van der Waals surface area contributed by atoms with Crippen molar-refractivity contribution < 1.29 is 19.1 Å². The van der Waals surface area contributed by atoms with Crippen molar-refractivity contribution >= 4 is 34.8 Å². The van der Waals surface area contributed by atoms with E-state index in [0.717, 1.165) is 0 Å². The quantitative estimate of drug-likeness (QED) is 0.871. The van der Waals surface area contributed by atoms with E-state index >= 15 is 0 Å². The summed E-state index contributed by atoms with van der Waals surface area (Å²) in [5, 5.41) is 3.42. The largest absolute Gasteiger partial charge is 0.497 e. The molecule has 1 unspecified atom stereocenters. The van der Waals surface area contributed by atoms with Crippen molar-refractivity contribution in [3.8, 4) is 11.5 Å². The lowest BCUT2D eigenvalue weighted by atomic mass is 10.1. The number of benzene rings is 2. The van der Waals surface area contributed by atoms with Gasteiger partial charge in [0.25, 0.3) is 0 Å². The van der Waals surface area contributed by atoms with Crippen molar-refractivity contribution in [1.29, 1.82) is 0 Å². The van der Waals surface area contributed by atoms with Gasteiger partial charge in [-0.25, -0.2) is 0 Å². The van der Waals surface area contributed by atoms with Crippen LogP contribution in [0.15, 0.2) is 42.5 Å². The molecular weight excluding hydrogens is 356 g/mol. The molecule has 3 rings (SSSR count). The third-order valence-corrected chi connectivity index (χ3v) is 4.54. The van der Waals surface area contributed by atoms with E-state index in [0.29, 0.717) is 34.4 Å². The first-order valence-electron chi connectivity index (χ1n) is 8.10. The van der Waals surface area contributed by atoms with Crippen molar-refractivity contribution in [3.63, 3.8) is 0 Å². The molecule has 26 heavy (non-hydrogen) atoms. The van der Waals surface area contributed by atoms with E-state index in [1.807, 2.05) is 0 Å². The number of hydrogen-bond donors (Lipinski definition) is 1. The van der Waals surface area contributed by atoms with E-state index in [9.17, 15) is 9.59 Å². The standard InChI is InChI=1S/C19H19ClN2O4/c1-25-15-7-8-16(17(10-15)26-2)22-11-12(9-18(22)23)19(24)21-14-5-3-13(20)4-6-14/h3-8,10,12H,9,11H2,1-2H3,(H,21,24). The third-order valence-electron chi connectivity index (χ3n) is 4.29. The summed E-state index contributed by atoms with van der Waals surface area (Å²) in [6.07, 6.45) is 0.147. The Balaban J connectivity index is 1.74. The predicted molar refractivity (Wildman–Crippen MR) is 100 cm³/mol. The number of hydrogen-bond acceptors (Lipinski definition) is 4. The van der Waals surface area contributed by atoms with Crippen molar-refractivity contribution in [1.82, 2.24) is 0 Å². The number of halogens is 1. The first-order chi connectivity index (χ1) is 12.5. The number of nitrogens with zero attached hydrogens (tertiary/aromatic N) is 1. The topological polar surface area (TPSA) is 67.9 Å². The first-order valence-corrected chi connectivity index (χ1v) is 8.48. The monoisotopic (exact) mass is 374 g/mol. The van der Waals surface area contributed by atoms with Gasteiger partial charge in [-0.15, -0.1) is 0 Å². The molecular formula is C19H19ClN2O4. The van der Waals surface area contributed by atoms with E-state index in [2.05, 4.69) is 5.32 Å². The zero-order valence-corrected chi connectivity index (χ0v) is 15.2. The van der Waals surface area contributed by atoms with Crippen molar-refractivity contribution in [2.24, 2.45) is 5.92 Å². The molecule has 1 fully saturated rings. The average molecular weight is 375 g/mol. The smallest absolute Gasteiger partial charge is 0.229 e. The Morgan fingerprint density at radius 3 is 2.54 bits per heavy atom. The SMILES string of the molecule is COc1ccc(N2CC(C(=O)Nc3ccc(Cl)cc3)CC2=O)c(OC)c1. The van der Waals surface area contributed by atoms with E-state index < -0.39 is 5.92 Å². The second-order valence-corrected chi connectivity index (χ2v) is 6.38. The van der Waals surface area contributed by atoms with Gasteiger partial charge in [0.05, 0.1) is 25.8 Å². The summed E-state index contributed by atoms with van der Waals surface area (Å²) in [4.78, 5) is 26.5.